The summed E-state index contributed by atoms with van der Waals surface area (Å²) in [6.45, 7) is 2.56. The highest BCUT2D eigenvalue weighted by Crippen LogP contribution is 2.29. The standard InChI is InChI=1S/C19H21N5O2/c25-19(17-9-20-18-3-1-2-8-23(17)18)22-10-15-6-7-21-24(15)12-16(11-22)26-13-14-4-5-14/h1-3,6-9,14,16H,4-5,10-13H2. The van der Waals surface area contributed by atoms with Crippen LogP contribution in [-0.2, 0) is 17.8 Å². The Bertz CT molecular complexity index is 942. The number of fused-ring (bicyclic) bond motifs is 2. The van der Waals surface area contributed by atoms with Gasteiger partial charge in [-0.15, -0.1) is 0 Å². The number of ether oxygens (including phenoxy) is 1. The summed E-state index contributed by atoms with van der Waals surface area (Å²) in [4.78, 5) is 19.4. The molecule has 3 aromatic rings. The van der Waals surface area contributed by atoms with Crippen LogP contribution in [0.2, 0.25) is 0 Å². The summed E-state index contributed by atoms with van der Waals surface area (Å²) < 4.78 is 9.92. The summed E-state index contributed by atoms with van der Waals surface area (Å²) in [6.07, 6.45) is 7.78. The molecule has 0 saturated heterocycles. The van der Waals surface area contributed by atoms with E-state index in [9.17, 15) is 4.79 Å². The van der Waals surface area contributed by atoms with Gasteiger partial charge in [0.1, 0.15) is 11.3 Å². The fraction of sp³-hybridized carbons (Fsp3) is 0.421. The average Bonchev–Trinajstić information content (AvgIpc) is 3.29. The number of rotatable bonds is 4. The Labute approximate surface area is 151 Å². The Morgan fingerprint density at radius 3 is 3.04 bits per heavy atom. The van der Waals surface area contributed by atoms with Crippen molar-refractivity contribution in [1.82, 2.24) is 24.1 Å². The van der Waals surface area contributed by atoms with E-state index < -0.39 is 0 Å². The second-order valence-corrected chi connectivity index (χ2v) is 7.16. The lowest BCUT2D eigenvalue weighted by Gasteiger charge is -2.24. The molecule has 4 heterocycles. The van der Waals surface area contributed by atoms with Gasteiger partial charge in [0.25, 0.3) is 5.91 Å². The largest absolute Gasteiger partial charge is 0.374 e. The highest BCUT2D eigenvalue weighted by Gasteiger charge is 2.30. The van der Waals surface area contributed by atoms with Crippen molar-refractivity contribution in [3.63, 3.8) is 0 Å². The quantitative estimate of drug-likeness (QED) is 0.721. The first-order valence-corrected chi connectivity index (χ1v) is 9.11. The van der Waals surface area contributed by atoms with Crippen LogP contribution in [0.1, 0.15) is 29.0 Å². The summed E-state index contributed by atoms with van der Waals surface area (Å²) in [5, 5.41) is 4.40. The van der Waals surface area contributed by atoms with Crippen molar-refractivity contribution < 1.29 is 9.53 Å². The third-order valence-electron chi connectivity index (χ3n) is 5.15. The number of carbonyl (C=O) groups excluding carboxylic acids is 1. The molecule has 0 radical (unpaired) electrons. The molecule has 0 spiro atoms. The van der Waals surface area contributed by atoms with E-state index in [1.165, 1.54) is 12.8 Å². The first-order valence-electron chi connectivity index (χ1n) is 9.11. The molecule has 1 fully saturated rings. The number of carbonyl (C=O) groups is 1. The summed E-state index contributed by atoms with van der Waals surface area (Å²) in [5.41, 5.74) is 2.39. The van der Waals surface area contributed by atoms with Crippen LogP contribution in [-0.4, -0.2) is 49.2 Å². The van der Waals surface area contributed by atoms with Crippen LogP contribution in [0.15, 0.2) is 42.9 Å². The van der Waals surface area contributed by atoms with Gasteiger partial charge >= 0.3 is 0 Å². The van der Waals surface area contributed by atoms with Gasteiger partial charge in [0.15, 0.2) is 0 Å². The lowest BCUT2D eigenvalue weighted by atomic mass is 10.3. The normalized spacial score (nSPS) is 20.2. The van der Waals surface area contributed by atoms with Crippen LogP contribution in [0, 0.1) is 5.92 Å². The molecule has 26 heavy (non-hydrogen) atoms. The minimum atomic E-state index is -0.0418. The van der Waals surface area contributed by atoms with Gasteiger partial charge in [0.05, 0.1) is 31.1 Å². The number of hydrogen-bond donors (Lipinski definition) is 0. The summed E-state index contributed by atoms with van der Waals surface area (Å²) in [7, 11) is 0. The van der Waals surface area contributed by atoms with Gasteiger partial charge in [0.2, 0.25) is 0 Å². The van der Waals surface area contributed by atoms with Crippen molar-refractivity contribution in [3.05, 3.63) is 54.2 Å². The lowest BCUT2D eigenvalue weighted by molar-refractivity contribution is 0.0135. The Kier molecular flexibility index (Phi) is 3.74. The van der Waals surface area contributed by atoms with Crippen molar-refractivity contribution in [2.24, 2.45) is 5.92 Å². The van der Waals surface area contributed by atoms with E-state index >= 15 is 0 Å². The molecule has 0 N–H and O–H groups in total. The number of amides is 1. The molecule has 0 bridgehead atoms. The molecule has 5 rings (SSSR count). The van der Waals surface area contributed by atoms with E-state index in [1.807, 2.05) is 44.4 Å². The fourth-order valence-corrected chi connectivity index (χ4v) is 3.48. The van der Waals surface area contributed by atoms with Crippen LogP contribution in [0.3, 0.4) is 0 Å². The molecule has 1 aliphatic carbocycles. The second kappa shape index (κ2) is 6.25. The highest BCUT2D eigenvalue weighted by molar-refractivity contribution is 5.93. The van der Waals surface area contributed by atoms with Crippen molar-refractivity contribution >= 4 is 11.6 Å². The number of imidazole rings is 1. The molecule has 1 amide bonds. The van der Waals surface area contributed by atoms with E-state index in [0.717, 1.165) is 17.9 Å². The molecular weight excluding hydrogens is 330 g/mol. The maximum absolute atomic E-state index is 13.2. The fourth-order valence-electron chi connectivity index (χ4n) is 3.48. The molecule has 2 aliphatic rings. The predicted molar refractivity (Wildman–Crippen MR) is 94.6 cm³/mol. The Balaban J connectivity index is 1.43. The van der Waals surface area contributed by atoms with Gasteiger partial charge in [0, 0.05) is 25.5 Å². The van der Waals surface area contributed by atoms with Crippen LogP contribution in [0.5, 0.6) is 0 Å². The molecule has 1 saturated carbocycles. The SMILES string of the molecule is O=C(c1cnc2ccccn12)N1Cc2ccnn2CC(OCC2CC2)C1. The second-order valence-electron chi connectivity index (χ2n) is 7.16. The third kappa shape index (κ3) is 2.88. The van der Waals surface area contributed by atoms with E-state index in [4.69, 9.17) is 4.74 Å². The smallest absolute Gasteiger partial charge is 0.272 e. The molecule has 1 unspecified atom stereocenters. The van der Waals surface area contributed by atoms with Crippen molar-refractivity contribution in [1.29, 1.82) is 0 Å². The molecule has 0 aromatic carbocycles. The molecule has 1 atom stereocenters. The first kappa shape index (κ1) is 15.6. The maximum Gasteiger partial charge on any atom is 0.272 e. The first-order chi connectivity index (χ1) is 12.8. The predicted octanol–water partition coefficient (Wildman–Crippen LogP) is 1.98. The summed E-state index contributed by atoms with van der Waals surface area (Å²) in [5.74, 6) is 0.664. The third-order valence-corrected chi connectivity index (χ3v) is 5.15. The molecule has 7 heteroatoms. The Morgan fingerprint density at radius 1 is 1.23 bits per heavy atom. The topological polar surface area (TPSA) is 64.7 Å². The molecule has 7 nitrogen and oxygen atoms in total. The average molecular weight is 351 g/mol. The van der Waals surface area contributed by atoms with E-state index in [-0.39, 0.29) is 12.0 Å². The monoisotopic (exact) mass is 351 g/mol. The summed E-state index contributed by atoms with van der Waals surface area (Å²) >= 11 is 0. The number of hydrogen-bond acceptors (Lipinski definition) is 4. The van der Waals surface area contributed by atoms with Crippen molar-refractivity contribution in [2.45, 2.75) is 32.0 Å². The van der Waals surface area contributed by atoms with Crippen molar-refractivity contribution in [3.8, 4) is 0 Å². The number of aromatic nitrogens is 4. The van der Waals surface area contributed by atoms with E-state index in [1.54, 1.807) is 12.4 Å². The van der Waals surface area contributed by atoms with Gasteiger partial charge < -0.3 is 9.64 Å². The van der Waals surface area contributed by atoms with Gasteiger partial charge in [-0.1, -0.05) is 6.07 Å². The van der Waals surface area contributed by atoms with Crippen molar-refractivity contribution in [2.75, 3.05) is 13.2 Å². The number of pyridine rings is 1. The zero-order valence-electron chi connectivity index (χ0n) is 14.5. The molecule has 3 aromatic heterocycles. The van der Waals surface area contributed by atoms with Gasteiger partial charge in [-0.25, -0.2) is 4.98 Å². The minimum absolute atomic E-state index is 0.0293. The molecule has 134 valence electrons. The molecular formula is C19H21N5O2. The van der Waals surface area contributed by atoms with Crippen LogP contribution >= 0.6 is 0 Å². The van der Waals surface area contributed by atoms with Crippen LogP contribution < -0.4 is 0 Å². The van der Waals surface area contributed by atoms with Crippen LogP contribution in [0.25, 0.3) is 5.65 Å². The number of nitrogens with zero attached hydrogens (tertiary/aromatic N) is 5. The van der Waals surface area contributed by atoms with E-state index in [0.29, 0.717) is 31.2 Å². The highest BCUT2D eigenvalue weighted by atomic mass is 16.5. The van der Waals surface area contributed by atoms with Gasteiger partial charge in [-0.2, -0.15) is 5.10 Å². The van der Waals surface area contributed by atoms with Gasteiger partial charge in [-0.05, 0) is 37.0 Å². The Hall–Kier alpha value is -2.67. The zero-order chi connectivity index (χ0) is 17.5. The zero-order valence-corrected chi connectivity index (χ0v) is 14.5. The van der Waals surface area contributed by atoms with Gasteiger partial charge in [-0.3, -0.25) is 13.9 Å². The minimum Gasteiger partial charge on any atom is -0.374 e. The molecule has 1 aliphatic heterocycles. The van der Waals surface area contributed by atoms with Crippen LogP contribution in [0.4, 0.5) is 0 Å². The van der Waals surface area contributed by atoms with E-state index in [2.05, 4.69) is 10.1 Å². The maximum atomic E-state index is 13.2. The summed E-state index contributed by atoms with van der Waals surface area (Å²) in [6, 6.07) is 7.70. The lowest BCUT2D eigenvalue weighted by Crippen LogP contribution is -2.38. The Morgan fingerprint density at radius 2 is 2.15 bits per heavy atom.